The zero-order valence-electron chi connectivity index (χ0n) is 9.43. The maximum atomic E-state index is 8.91. The number of nitrogen functional groups attached to an aromatic ring is 1. The van der Waals surface area contributed by atoms with Gasteiger partial charge < -0.3 is 10.5 Å². The first-order valence-corrected chi connectivity index (χ1v) is 6.02. The van der Waals surface area contributed by atoms with E-state index in [4.69, 9.17) is 15.7 Å². The van der Waals surface area contributed by atoms with Crippen molar-refractivity contribution >= 4 is 21.6 Å². The highest BCUT2D eigenvalue weighted by atomic mass is 79.9. The molecule has 0 amide bonds. The normalized spacial score (nSPS) is 9.78. The van der Waals surface area contributed by atoms with Crippen LogP contribution in [0.5, 0.6) is 5.75 Å². The van der Waals surface area contributed by atoms with Crippen LogP contribution in [-0.4, -0.2) is 4.98 Å². The Labute approximate surface area is 113 Å². The van der Waals surface area contributed by atoms with Gasteiger partial charge in [-0.2, -0.15) is 5.26 Å². The lowest BCUT2D eigenvalue weighted by Gasteiger charge is -2.09. The van der Waals surface area contributed by atoms with Gasteiger partial charge in [-0.3, -0.25) is 0 Å². The molecule has 0 fully saturated rings. The van der Waals surface area contributed by atoms with Gasteiger partial charge in [-0.05, 0) is 24.3 Å². The lowest BCUT2D eigenvalue weighted by molar-refractivity contribution is 0.307. The first kappa shape index (κ1) is 12.4. The van der Waals surface area contributed by atoms with E-state index in [9.17, 15) is 0 Å². The number of halogens is 1. The molecule has 0 spiro atoms. The van der Waals surface area contributed by atoms with E-state index in [1.54, 1.807) is 30.5 Å². The van der Waals surface area contributed by atoms with Gasteiger partial charge in [0, 0.05) is 16.2 Å². The Morgan fingerprint density at radius 3 is 2.94 bits per heavy atom. The molecule has 0 atom stereocenters. The molecule has 1 aromatic carbocycles. The Morgan fingerprint density at radius 1 is 1.39 bits per heavy atom. The Morgan fingerprint density at radius 2 is 2.22 bits per heavy atom. The van der Waals surface area contributed by atoms with Crippen LogP contribution in [0.2, 0.25) is 0 Å². The summed E-state index contributed by atoms with van der Waals surface area (Å²) in [5, 5.41) is 8.91. The Hall–Kier alpha value is -2.06. The van der Waals surface area contributed by atoms with Crippen molar-refractivity contribution in [3.8, 4) is 11.8 Å². The molecular weight excluding hydrogens is 294 g/mol. The summed E-state index contributed by atoms with van der Waals surface area (Å²) in [6.07, 6.45) is 1.58. The highest BCUT2D eigenvalue weighted by Crippen LogP contribution is 2.26. The summed E-state index contributed by atoms with van der Waals surface area (Å²) in [4.78, 5) is 3.97. The van der Waals surface area contributed by atoms with Crippen LogP contribution in [0.1, 0.15) is 11.3 Å². The molecule has 0 saturated carbocycles. The van der Waals surface area contributed by atoms with E-state index in [0.29, 0.717) is 17.1 Å². The molecule has 90 valence electrons. The Kier molecular flexibility index (Phi) is 3.80. The van der Waals surface area contributed by atoms with Crippen LogP contribution in [0.25, 0.3) is 0 Å². The fourth-order valence-corrected chi connectivity index (χ4v) is 1.84. The number of hydrogen-bond acceptors (Lipinski definition) is 4. The lowest BCUT2D eigenvalue weighted by Crippen LogP contribution is -2.01. The van der Waals surface area contributed by atoms with Crippen molar-refractivity contribution in [1.82, 2.24) is 4.98 Å². The van der Waals surface area contributed by atoms with E-state index in [-0.39, 0.29) is 6.61 Å². The number of nitriles is 1. The third-order valence-corrected chi connectivity index (χ3v) is 2.85. The van der Waals surface area contributed by atoms with E-state index in [1.807, 2.05) is 12.1 Å². The van der Waals surface area contributed by atoms with Crippen LogP contribution in [-0.2, 0) is 6.61 Å². The van der Waals surface area contributed by atoms with Gasteiger partial charge in [0.2, 0.25) is 0 Å². The van der Waals surface area contributed by atoms with E-state index in [0.717, 1.165) is 10.0 Å². The molecule has 0 radical (unpaired) electrons. The number of aromatic nitrogens is 1. The number of nitrogens with two attached hydrogens (primary N) is 1. The summed E-state index contributed by atoms with van der Waals surface area (Å²) >= 11 is 3.33. The summed E-state index contributed by atoms with van der Waals surface area (Å²) in [7, 11) is 0. The van der Waals surface area contributed by atoms with Gasteiger partial charge in [0.25, 0.3) is 0 Å². The fourth-order valence-electron chi connectivity index (χ4n) is 1.46. The smallest absolute Gasteiger partial charge is 0.147 e. The molecule has 0 aliphatic heterocycles. The average Bonchev–Trinajstić information content (AvgIpc) is 2.38. The SMILES string of the molecule is N#Cc1ncccc1COc1ccc(Br)cc1N. The summed E-state index contributed by atoms with van der Waals surface area (Å²) in [6.45, 7) is 0.266. The Bertz CT molecular complexity index is 607. The van der Waals surface area contributed by atoms with Gasteiger partial charge >= 0.3 is 0 Å². The maximum Gasteiger partial charge on any atom is 0.147 e. The number of hydrogen-bond donors (Lipinski definition) is 1. The van der Waals surface area contributed by atoms with Crippen molar-refractivity contribution in [3.63, 3.8) is 0 Å². The van der Waals surface area contributed by atoms with Crippen molar-refractivity contribution in [3.05, 3.63) is 52.3 Å². The predicted octanol–water partition coefficient (Wildman–Crippen LogP) is 2.88. The topological polar surface area (TPSA) is 71.9 Å². The molecule has 0 aliphatic rings. The summed E-state index contributed by atoms with van der Waals surface area (Å²) in [6, 6.07) is 11.0. The van der Waals surface area contributed by atoms with Crippen LogP contribution < -0.4 is 10.5 Å². The van der Waals surface area contributed by atoms with E-state index in [2.05, 4.69) is 20.9 Å². The molecule has 4 nitrogen and oxygen atoms in total. The standard InChI is InChI=1S/C13H10BrN3O/c14-10-3-4-13(11(16)6-10)18-8-9-2-1-5-17-12(9)7-15/h1-6H,8,16H2. The second-order valence-corrected chi connectivity index (χ2v) is 4.51. The fraction of sp³-hybridized carbons (Fsp3) is 0.0769. The molecule has 1 aromatic heterocycles. The van der Waals surface area contributed by atoms with E-state index in [1.165, 1.54) is 0 Å². The molecule has 18 heavy (non-hydrogen) atoms. The second-order valence-electron chi connectivity index (χ2n) is 3.59. The molecule has 2 N–H and O–H groups in total. The first-order valence-electron chi connectivity index (χ1n) is 5.22. The van der Waals surface area contributed by atoms with Gasteiger partial charge in [-0.25, -0.2) is 4.98 Å². The molecular formula is C13H10BrN3O. The zero-order valence-corrected chi connectivity index (χ0v) is 11.0. The summed E-state index contributed by atoms with van der Waals surface area (Å²) in [5.74, 6) is 0.589. The molecule has 5 heteroatoms. The zero-order chi connectivity index (χ0) is 13.0. The number of pyridine rings is 1. The number of ether oxygens (including phenoxy) is 1. The highest BCUT2D eigenvalue weighted by molar-refractivity contribution is 9.10. The number of nitrogens with zero attached hydrogens (tertiary/aromatic N) is 2. The largest absolute Gasteiger partial charge is 0.487 e. The van der Waals surface area contributed by atoms with Crippen LogP contribution >= 0.6 is 15.9 Å². The van der Waals surface area contributed by atoms with Crippen molar-refractivity contribution in [2.24, 2.45) is 0 Å². The molecule has 0 saturated heterocycles. The maximum absolute atomic E-state index is 8.91. The monoisotopic (exact) mass is 303 g/mol. The van der Waals surface area contributed by atoms with Crippen LogP contribution in [0, 0.1) is 11.3 Å². The van der Waals surface area contributed by atoms with Crippen molar-refractivity contribution < 1.29 is 4.74 Å². The molecule has 0 aliphatic carbocycles. The van der Waals surface area contributed by atoms with Gasteiger partial charge in [-0.1, -0.05) is 22.0 Å². The number of anilines is 1. The minimum atomic E-state index is 0.266. The molecule has 2 rings (SSSR count). The van der Waals surface area contributed by atoms with Crippen LogP contribution in [0.15, 0.2) is 41.0 Å². The average molecular weight is 304 g/mol. The highest BCUT2D eigenvalue weighted by Gasteiger charge is 2.05. The third-order valence-electron chi connectivity index (χ3n) is 2.35. The first-order chi connectivity index (χ1) is 8.70. The van der Waals surface area contributed by atoms with Crippen molar-refractivity contribution in [2.45, 2.75) is 6.61 Å². The number of rotatable bonds is 3. The van der Waals surface area contributed by atoms with Crippen LogP contribution in [0.4, 0.5) is 5.69 Å². The molecule has 2 aromatic rings. The number of benzene rings is 1. The minimum Gasteiger partial charge on any atom is -0.487 e. The van der Waals surface area contributed by atoms with Gasteiger partial charge in [0.15, 0.2) is 0 Å². The van der Waals surface area contributed by atoms with Gasteiger partial charge in [-0.15, -0.1) is 0 Å². The quantitative estimate of drug-likeness (QED) is 0.885. The van der Waals surface area contributed by atoms with Crippen molar-refractivity contribution in [2.75, 3.05) is 5.73 Å². The summed E-state index contributed by atoms with van der Waals surface area (Å²) in [5.41, 5.74) is 7.48. The molecule has 0 unspecified atom stereocenters. The second kappa shape index (κ2) is 5.52. The summed E-state index contributed by atoms with van der Waals surface area (Å²) < 4.78 is 6.48. The van der Waals surface area contributed by atoms with Gasteiger partial charge in [0.1, 0.15) is 24.1 Å². The van der Waals surface area contributed by atoms with Gasteiger partial charge in [0.05, 0.1) is 5.69 Å². The third kappa shape index (κ3) is 2.79. The predicted molar refractivity (Wildman–Crippen MR) is 71.8 cm³/mol. The van der Waals surface area contributed by atoms with Crippen LogP contribution in [0.3, 0.4) is 0 Å². The van der Waals surface area contributed by atoms with E-state index >= 15 is 0 Å². The van der Waals surface area contributed by atoms with Crippen molar-refractivity contribution in [1.29, 1.82) is 5.26 Å². The molecule has 1 heterocycles. The lowest BCUT2D eigenvalue weighted by atomic mass is 10.2. The molecule has 0 bridgehead atoms. The van der Waals surface area contributed by atoms with E-state index < -0.39 is 0 Å². The minimum absolute atomic E-state index is 0.266. The Balaban J connectivity index is 2.14.